The summed E-state index contributed by atoms with van der Waals surface area (Å²) in [5.74, 6) is 7.85. The number of hydrogen-bond donors (Lipinski definition) is 2. The van der Waals surface area contributed by atoms with Gasteiger partial charge in [-0.25, -0.2) is 15.8 Å². The van der Waals surface area contributed by atoms with Crippen LogP contribution in [0.15, 0.2) is 6.33 Å². The lowest BCUT2D eigenvalue weighted by Gasteiger charge is -2.28. The lowest BCUT2D eigenvalue weighted by Crippen LogP contribution is -2.30. The third-order valence-electron chi connectivity index (χ3n) is 3.36. The van der Waals surface area contributed by atoms with Crippen LogP contribution >= 0.6 is 0 Å². The molecular weight excluding hydrogens is 246 g/mol. The number of methoxy groups -OCH3 is 1. The molecule has 1 saturated heterocycles. The second-order valence-electron chi connectivity index (χ2n) is 4.66. The maximum atomic E-state index is 5.42. The quantitative estimate of drug-likeness (QED) is 0.598. The maximum absolute atomic E-state index is 5.42. The van der Waals surface area contributed by atoms with Crippen LogP contribution in [0.2, 0.25) is 0 Å². The first-order valence-electron chi connectivity index (χ1n) is 6.40. The summed E-state index contributed by atoms with van der Waals surface area (Å²) in [4.78, 5) is 10.4. The van der Waals surface area contributed by atoms with E-state index in [0.717, 1.165) is 38.4 Å². The number of nitrogen functional groups attached to an aromatic ring is 1. The van der Waals surface area contributed by atoms with Gasteiger partial charge in [-0.2, -0.15) is 0 Å². The number of hydrogen-bond acceptors (Lipinski definition) is 7. The van der Waals surface area contributed by atoms with Gasteiger partial charge in [0.15, 0.2) is 11.6 Å². The summed E-state index contributed by atoms with van der Waals surface area (Å²) in [5.41, 5.74) is 2.52. The highest BCUT2D eigenvalue weighted by molar-refractivity contribution is 5.63. The predicted molar refractivity (Wildman–Crippen MR) is 73.2 cm³/mol. The fourth-order valence-corrected chi connectivity index (χ4v) is 2.33. The van der Waals surface area contributed by atoms with E-state index in [4.69, 9.17) is 15.3 Å². The van der Waals surface area contributed by atoms with Crippen LogP contribution in [0, 0.1) is 5.92 Å². The van der Waals surface area contributed by atoms with E-state index in [1.165, 1.54) is 6.33 Å². The Kier molecular flexibility index (Phi) is 4.75. The number of rotatable bonds is 5. The molecule has 0 amide bonds. The van der Waals surface area contributed by atoms with E-state index in [1.54, 1.807) is 7.11 Å². The topological polar surface area (TPSA) is 85.5 Å². The largest absolute Gasteiger partial charge is 0.490 e. The number of anilines is 2. The van der Waals surface area contributed by atoms with E-state index in [9.17, 15) is 0 Å². The van der Waals surface area contributed by atoms with Crippen molar-refractivity contribution in [3.8, 4) is 5.75 Å². The van der Waals surface area contributed by atoms with Crippen molar-refractivity contribution in [2.75, 3.05) is 44.2 Å². The first-order chi connectivity index (χ1) is 9.26. The smallest absolute Gasteiger partial charge is 0.205 e. The van der Waals surface area contributed by atoms with Crippen LogP contribution in [0.3, 0.4) is 0 Å². The minimum Gasteiger partial charge on any atom is -0.490 e. The Morgan fingerprint density at radius 1 is 1.47 bits per heavy atom. The average Bonchev–Trinajstić information content (AvgIpc) is 2.47. The number of nitrogens with zero attached hydrogens (tertiary/aromatic N) is 3. The third kappa shape index (κ3) is 3.24. The van der Waals surface area contributed by atoms with Gasteiger partial charge >= 0.3 is 0 Å². The zero-order valence-electron chi connectivity index (χ0n) is 11.4. The second-order valence-corrected chi connectivity index (χ2v) is 4.66. The highest BCUT2D eigenvalue weighted by atomic mass is 16.5. The normalized spacial score (nSPS) is 16.2. The summed E-state index contributed by atoms with van der Waals surface area (Å²) in [5, 5.41) is 0. The summed E-state index contributed by atoms with van der Waals surface area (Å²) in [6.07, 6.45) is 3.65. The van der Waals surface area contributed by atoms with Crippen LogP contribution in [0.1, 0.15) is 12.8 Å². The molecule has 1 fully saturated rings. The van der Waals surface area contributed by atoms with Gasteiger partial charge in [0.05, 0.1) is 7.11 Å². The van der Waals surface area contributed by atoms with Crippen LogP contribution in [0.4, 0.5) is 11.6 Å². The SMILES string of the molecule is COc1c(NN)ncnc1N(C)CC1CCOCC1. The highest BCUT2D eigenvalue weighted by Gasteiger charge is 2.20. The molecule has 19 heavy (non-hydrogen) atoms. The van der Waals surface area contributed by atoms with Gasteiger partial charge in [-0.15, -0.1) is 0 Å². The number of ether oxygens (including phenoxy) is 2. The molecule has 0 bridgehead atoms. The Morgan fingerprint density at radius 2 is 2.21 bits per heavy atom. The van der Waals surface area contributed by atoms with E-state index >= 15 is 0 Å². The van der Waals surface area contributed by atoms with Crippen molar-refractivity contribution < 1.29 is 9.47 Å². The molecule has 0 spiro atoms. The van der Waals surface area contributed by atoms with E-state index in [0.29, 0.717) is 17.5 Å². The average molecular weight is 267 g/mol. The molecule has 2 heterocycles. The summed E-state index contributed by atoms with van der Waals surface area (Å²) in [7, 11) is 3.59. The van der Waals surface area contributed by atoms with Crippen molar-refractivity contribution in [1.82, 2.24) is 9.97 Å². The van der Waals surface area contributed by atoms with E-state index in [1.807, 2.05) is 7.05 Å². The van der Waals surface area contributed by atoms with Gasteiger partial charge in [0.1, 0.15) is 6.33 Å². The van der Waals surface area contributed by atoms with Gasteiger partial charge in [-0.3, -0.25) is 0 Å². The molecule has 1 aliphatic rings. The summed E-state index contributed by atoms with van der Waals surface area (Å²) in [6, 6.07) is 0. The molecule has 7 nitrogen and oxygen atoms in total. The molecule has 0 aromatic carbocycles. The van der Waals surface area contributed by atoms with Crippen molar-refractivity contribution in [3.63, 3.8) is 0 Å². The monoisotopic (exact) mass is 267 g/mol. The zero-order valence-corrected chi connectivity index (χ0v) is 11.4. The van der Waals surface area contributed by atoms with Crippen LogP contribution in [0.25, 0.3) is 0 Å². The predicted octanol–water partition coefficient (Wildman–Crippen LogP) is 0.634. The van der Waals surface area contributed by atoms with Crippen LogP contribution in [0.5, 0.6) is 5.75 Å². The molecule has 0 atom stereocenters. The van der Waals surface area contributed by atoms with Crippen molar-refractivity contribution in [1.29, 1.82) is 0 Å². The van der Waals surface area contributed by atoms with Gasteiger partial charge in [-0.1, -0.05) is 0 Å². The highest BCUT2D eigenvalue weighted by Crippen LogP contribution is 2.31. The van der Waals surface area contributed by atoms with Crippen molar-refractivity contribution >= 4 is 11.6 Å². The van der Waals surface area contributed by atoms with Crippen molar-refractivity contribution in [2.45, 2.75) is 12.8 Å². The summed E-state index contributed by atoms with van der Waals surface area (Å²) >= 11 is 0. The maximum Gasteiger partial charge on any atom is 0.205 e. The minimum atomic E-state index is 0.492. The minimum absolute atomic E-state index is 0.492. The number of nitrogens with one attached hydrogen (secondary N) is 1. The molecule has 0 radical (unpaired) electrons. The van der Waals surface area contributed by atoms with Gasteiger partial charge in [-0.05, 0) is 18.8 Å². The Labute approximate surface area is 113 Å². The molecule has 2 rings (SSSR count). The molecule has 1 aromatic rings. The van der Waals surface area contributed by atoms with E-state index < -0.39 is 0 Å². The van der Waals surface area contributed by atoms with Crippen LogP contribution in [-0.4, -0.2) is 43.9 Å². The van der Waals surface area contributed by atoms with Crippen LogP contribution in [-0.2, 0) is 4.74 Å². The lowest BCUT2D eigenvalue weighted by atomic mass is 10.00. The van der Waals surface area contributed by atoms with Gasteiger partial charge in [0.25, 0.3) is 0 Å². The summed E-state index contributed by atoms with van der Waals surface area (Å²) in [6.45, 7) is 2.60. The fraction of sp³-hybridized carbons (Fsp3) is 0.667. The van der Waals surface area contributed by atoms with Crippen LogP contribution < -0.4 is 20.9 Å². The number of hydrazine groups is 1. The van der Waals surface area contributed by atoms with E-state index in [-0.39, 0.29) is 0 Å². The molecule has 3 N–H and O–H groups in total. The zero-order chi connectivity index (χ0) is 13.7. The third-order valence-corrected chi connectivity index (χ3v) is 3.36. The van der Waals surface area contributed by atoms with Crippen molar-refractivity contribution in [2.24, 2.45) is 11.8 Å². The number of nitrogens with two attached hydrogens (primary N) is 1. The fourth-order valence-electron chi connectivity index (χ4n) is 2.33. The van der Waals surface area contributed by atoms with Gasteiger partial charge in [0, 0.05) is 26.8 Å². The van der Waals surface area contributed by atoms with Gasteiger partial charge in [0.2, 0.25) is 5.75 Å². The Hall–Kier alpha value is -1.60. The molecule has 1 aromatic heterocycles. The first kappa shape index (κ1) is 13.8. The Morgan fingerprint density at radius 3 is 2.84 bits per heavy atom. The standard InChI is InChI=1S/C12H21N5O2/c1-17(7-9-3-5-19-6-4-9)12-10(18-2)11(16-13)14-8-15-12/h8-9H,3-7,13H2,1-2H3,(H,14,15,16). The molecule has 106 valence electrons. The summed E-state index contributed by atoms with van der Waals surface area (Å²) < 4.78 is 10.7. The molecule has 1 aliphatic heterocycles. The molecule has 7 heteroatoms. The number of aromatic nitrogens is 2. The molecule has 0 unspecified atom stereocenters. The molecular formula is C12H21N5O2. The lowest BCUT2D eigenvalue weighted by molar-refractivity contribution is 0.0684. The van der Waals surface area contributed by atoms with E-state index in [2.05, 4.69) is 20.3 Å². The first-order valence-corrected chi connectivity index (χ1v) is 6.40. The molecule has 0 saturated carbocycles. The Bertz CT molecular complexity index is 409. The second kappa shape index (κ2) is 6.53. The molecule has 0 aliphatic carbocycles. The Balaban J connectivity index is 2.11. The van der Waals surface area contributed by atoms with Gasteiger partial charge < -0.3 is 19.8 Å². The van der Waals surface area contributed by atoms with Crippen molar-refractivity contribution in [3.05, 3.63) is 6.33 Å².